The maximum atomic E-state index is 12.7. The number of amides is 1. The topological polar surface area (TPSA) is 94.7 Å². The van der Waals surface area contributed by atoms with Crippen LogP contribution in [-0.4, -0.2) is 30.5 Å². The van der Waals surface area contributed by atoms with Gasteiger partial charge < -0.3 is 5.32 Å². The van der Waals surface area contributed by atoms with Gasteiger partial charge in [0.05, 0.1) is 21.4 Å². The summed E-state index contributed by atoms with van der Waals surface area (Å²) in [6, 6.07) is 12.1. The molecular weight excluding hydrogens is 439 g/mol. The number of hydrogen-bond acceptors (Lipinski definition) is 5. The van der Waals surface area contributed by atoms with Gasteiger partial charge in [-0.1, -0.05) is 58.2 Å². The molecule has 0 atom stereocenters. The van der Waals surface area contributed by atoms with Crippen LogP contribution in [0.5, 0.6) is 0 Å². The molecule has 0 saturated heterocycles. The minimum atomic E-state index is -0.519. The highest BCUT2D eigenvalue weighted by Gasteiger charge is 2.16. The SMILES string of the molecule is O=C(Cn1cnc2c(nnn2-c2ccccc2)c1=O)Nc1c(Cl)cc(Cl)cc1Cl. The van der Waals surface area contributed by atoms with Gasteiger partial charge >= 0.3 is 0 Å². The molecule has 0 aliphatic heterocycles. The Bertz CT molecular complexity index is 1260. The number of hydrogen-bond donors (Lipinski definition) is 1. The fourth-order valence-electron chi connectivity index (χ4n) is 2.69. The van der Waals surface area contributed by atoms with Crippen LogP contribution in [0.4, 0.5) is 5.69 Å². The summed E-state index contributed by atoms with van der Waals surface area (Å²) in [6.45, 7) is -0.310. The highest BCUT2D eigenvalue weighted by atomic mass is 35.5. The van der Waals surface area contributed by atoms with Crippen molar-refractivity contribution in [1.29, 1.82) is 0 Å². The van der Waals surface area contributed by atoms with Gasteiger partial charge in [-0.2, -0.15) is 4.68 Å². The Morgan fingerprint density at radius 3 is 2.45 bits per heavy atom. The van der Waals surface area contributed by atoms with Gasteiger partial charge in [0.25, 0.3) is 5.56 Å². The van der Waals surface area contributed by atoms with Gasteiger partial charge in [0.1, 0.15) is 12.9 Å². The van der Waals surface area contributed by atoms with Gasteiger partial charge in [-0.3, -0.25) is 14.2 Å². The van der Waals surface area contributed by atoms with E-state index in [1.807, 2.05) is 30.3 Å². The lowest BCUT2D eigenvalue weighted by atomic mass is 10.3. The second-order valence-electron chi connectivity index (χ2n) is 5.98. The molecule has 11 heteroatoms. The van der Waals surface area contributed by atoms with Gasteiger partial charge in [-0.15, -0.1) is 5.10 Å². The predicted molar refractivity (Wildman–Crippen MR) is 111 cm³/mol. The molecule has 1 N–H and O–H groups in total. The molecule has 146 valence electrons. The Morgan fingerprint density at radius 2 is 1.76 bits per heavy atom. The zero-order chi connectivity index (χ0) is 20.5. The van der Waals surface area contributed by atoms with Crippen molar-refractivity contribution in [3.8, 4) is 5.69 Å². The first-order valence-electron chi connectivity index (χ1n) is 8.24. The van der Waals surface area contributed by atoms with Crippen LogP contribution in [-0.2, 0) is 11.3 Å². The van der Waals surface area contributed by atoms with E-state index in [9.17, 15) is 9.59 Å². The molecule has 2 aromatic carbocycles. The number of benzene rings is 2. The minimum Gasteiger partial charge on any atom is -0.322 e. The van der Waals surface area contributed by atoms with E-state index in [1.54, 1.807) is 0 Å². The van der Waals surface area contributed by atoms with E-state index in [4.69, 9.17) is 34.8 Å². The van der Waals surface area contributed by atoms with E-state index in [2.05, 4.69) is 20.6 Å². The smallest absolute Gasteiger partial charge is 0.284 e. The van der Waals surface area contributed by atoms with Crippen molar-refractivity contribution in [3.63, 3.8) is 0 Å². The molecule has 0 aliphatic rings. The fraction of sp³-hybridized carbons (Fsp3) is 0.0556. The van der Waals surface area contributed by atoms with E-state index in [-0.39, 0.29) is 27.8 Å². The number of anilines is 1. The van der Waals surface area contributed by atoms with Crippen molar-refractivity contribution >= 4 is 57.6 Å². The largest absolute Gasteiger partial charge is 0.322 e. The third-order valence-corrected chi connectivity index (χ3v) is 4.83. The van der Waals surface area contributed by atoms with Crippen LogP contribution in [0, 0.1) is 0 Å². The normalized spacial score (nSPS) is 11.0. The molecule has 0 aliphatic carbocycles. The maximum Gasteiger partial charge on any atom is 0.284 e. The number of para-hydroxylation sites is 1. The first-order valence-corrected chi connectivity index (χ1v) is 9.38. The van der Waals surface area contributed by atoms with Gasteiger partial charge in [0, 0.05) is 5.02 Å². The quantitative estimate of drug-likeness (QED) is 0.514. The van der Waals surface area contributed by atoms with Crippen molar-refractivity contribution in [2.75, 3.05) is 5.32 Å². The van der Waals surface area contributed by atoms with Crippen molar-refractivity contribution in [3.05, 3.63) is 74.2 Å². The lowest BCUT2D eigenvalue weighted by molar-refractivity contribution is -0.116. The number of nitrogens with zero attached hydrogens (tertiary/aromatic N) is 5. The molecule has 0 saturated carbocycles. The van der Waals surface area contributed by atoms with Gasteiger partial charge in [0.2, 0.25) is 5.91 Å². The molecule has 0 unspecified atom stereocenters. The van der Waals surface area contributed by atoms with Gasteiger partial charge in [-0.25, -0.2) is 4.98 Å². The number of aromatic nitrogens is 5. The first-order chi connectivity index (χ1) is 13.9. The summed E-state index contributed by atoms with van der Waals surface area (Å²) in [7, 11) is 0. The minimum absolute atomic E-state index is 0.0479. The van der Waals surface area contributed by atoms with Crippen LogP contribution in [0.2, 0.25) is 15.1 Å². The summed E-state index contributed by atoms with van der Waals surface area (Å²) < 4.78 is 2.58. The second kappa shape index (κ2) is 7.82. The summed E-state index contributed by atoms with van der Waals surface area (Å²) in [4.78, 5) is 29.3. The average molecular weight is 450 g/mol. The highest BCUT2D eigenvalue weighted by molar-refractivity contribution is 6.42. The van der Waals surface area contributed by atoms with E-state index in [0.29, 0.717) is 16.4 Å². The van der Waals surface area contributed by atoms with Crippen molar-refractivity contribution in [1.82, 2.24) is 24.5 Å². The molecule has 29 heavy (non-hydrogen) atoms. The van der Waals surface area contributed by atoms with Crippen molar-refractivity contribution in [2.45, 2.75) is 6.54 Å². The summed E-state index contributed by atoms with van der Waals surface area (Å²) in [6.07, 6.45) is 1.26. The predicted octanol–water partition coefficient (Wildman–Crippen LogP) is 3.58. The molecule has 2 heterocycles. The van der Waals surface area contributed by atoms with Crippen LogP contribution in [0.15, 0.2) is 53.6 Å². The van der Waals surface area contributed by atoms with E-state index in [1.165, 1.54) is 23.1 Å². The Labute approximate surface area is 178 Å². The van der Waals surface area contributed by atoms with Crippen LogP contribution in [0.3, 0.4) is 0 Å². The number of halogens is 3. The fourth-order valence-corrected chi connectivity index (χ4v) is 3.61. The maximum absolute atomic E-state index is 12.7. The summed E-state index contributed by atoms with van der Waals surface area (Å²) in [5.74, 6) is -0.519. The highest BCUT2D eigenvalue weighted by Crippen LogP contribution is 2.33. The molecule has 1 amide bonds. The number of carbonyl (C=O) groups excluding carboxylic acids is 1. The van der Waals surface area contributed by atoms with E-state index < -0.39 is 11.5 Å². The number of nitrogens with one attached hydrogen (secondary N) is 1. The Morgan fingerprint density at radius 1 is 1.07 bits per heavy atom. The Hall–Kier alpha value is -2.94. The van der Waals surface area contributed by atoms with Gasteiger partial charge in [0.15, 0.2) is 11.2 Å². The standard InChI is InChI=1S/C18H11Cl3N6O2/c19-10-6-12(20)15(13(21)7-10)23-14(28)8-26-9-22-17-16(18(26)29)24-25-27(17)11-4-2-1-3-5-11/h1-7,9H,8H2,(H,23,28). The molecule has 0 spiro atoms. The number of carbonyl (C=O) groups is 1. The van der Waals surface area contributed by atoms with Gasteiger partial charge in [-0.05, 0) is 24.3 Å². The lowest BCUT2D eigenvalue weighted by Gasteiger charge is -2.10. The zero-order valence-electron chi connectivity index (χ0n) is 14.5. The summed E-state index contributed by atoms with van der Waals surface area (Å²) in [5.41, 5.74) is 0.762. The van der Waals surface area contributed by atoms with Crippen LogP contribution < -0.4 is 10.9 Å². The lowest BCUT2D eigenvalue weighted by Crippen LogP contribution is -2.28. The van der Waals surface area contributed by atoms with Crippen LogP contribution in [0.25, 0.3) is 16.9 Å². The first kappa shape index (κ1) is 19.4. The number of fused-ring (bicyclic) bond motifs is 1. The average Bonchev–Trinajstić information content (AvgIpc) is 3.12. The number of rotatable bonds is 4. The van der Waals surface area contributed by atoms with Crippen LogP contribution in [0.1, 0.15) is 0 Å². The zero-order valence-corrected chi connectivity index (χ0v) is 16.8. The molecule has 8 nitrogen and oxygen atoms in total. The van der Waals surface area contributed by atoms with Crippen molar-refractivity contribution < 1.29 is 4.79 Å². The van der Waals surface area contributed by atoms with E-state index >= 15 is 0 Å². The monoisotopic (exact) mass is 448 g/mol. The van der Waals surface area contributed by atoms with Crippen LogP contribution >= 0.6 is 34.8 Å². The van der Waals surface area contributed by atoms with E-state index in [0.717, 1.165) is 4.57 Å². The molecule has 2 aromatic heterocycles. The van der Waals surface area contributed by atoms with Crippen molar-refractivity contribution in [2.24, 2.45) is 0 Å². The third kappa shape index (κ3) is 3.82. The Balaban J connectivity index is 1.62. The molecule has 0 bridgehead atoms. The molecule has 0 radical (unpaired) electrons. The summed E-state index contributed by atoms with van der Waals surface area (Å²) in [5, 5.41) is 11.2. The summed E-state index contributed by atoms with van der Waals surface area (Å²) >= 11 is 18.0. The molecule has 4 rings (SSSR count). The molecular formula is C18H11Cl3N6O2. The third-order valence-electron chi connectivity index (χ3n) is 4.02. The second-order valence-corrected chi connectivity index (χ2v) is 7.23. The molecule has 0 fully saturated rings. The Kier molecular flexibility index (Phi) is 5.23. The molecule has 4 aromatic rings.